The Morgan fingerprint density at radius 1 is 1.44 bits per heavy atom. The average Bonchev–Trinajstić information content (AvgIpc) is 2.61. The number of benzene rings is 1. The smallest absolute Gasteiger partial charge is 0.289 e. The minimum atomic E-state index is -0.633. The SMILES string of the molecule is CCN1CCN(/C=C(/C#N)C(=O)Nc2ccc(Cl)c([N+](=O)[O-])c2)CC1. The van der Waals surface area contributed by atoms with E-state index in [1.165, 1.54) is 18.3 Å². The third kappa shape index (κ3) is 4.92. The molecule has 0 radical (unpaired) electrons. The van der Waals surface area contributed by atoms with E-state index < -0.39 is 10.8 Å². The summed E-state index contributed by atoms with van der Waals surface area (Å²) in [5.41, 5.74) is -0.154. The summed E-state index contributed by atoms with van der Waals surface area (Å²) in [6.45, 7) is 6.27. The van der Waals surface area contributed by atoms with Crippen molar-refractivity contribution in [2.24, 2.45) is 0 Å². The first-order chi connectivity index (χ1) is 11.9. The summed E-state index contributed by atoms with van der Waals surface area (Å²) >= 11 is 5.74. The van der Waals surface area contributed by atoms with E-state index in [1.807, 2.05) is 11.0 Å². The summed E-state index contributed by atoms with van der Waals surface area (Å²) in [5, 5.41) is 22.6. The number of nitro groups is 1. The predicted molar refractivity (Wildman–Crippen MR) is 94.1 cm³/mol. The van der Waals surface area contributed by atoms with E-state index in [4.69, 9.17) is 11.6 Å². The van der Waals surface area contributed by atoms with Crippen LogP contribution in [0, 0.1) is 21.4 Å². The Morgan fingerprint density at radius 2 is 2.12 bits per heavy atom. The van der Waals surface area contributed by atoms with Crippen molar-refractivity contribution in [2.75, 3.05) is 38.0 Å². The number of rotatable bonds is 5. The van der Waals surface area contributed by atoms with Gasteiger partial charge in [0.25, 0.3) is 11.6 Å². The molecule has 2 rings (SSSR count). The van der Waals surface area contributed by atoms with Crippen LogP contribution in [0.15, 0.2) is 30.0 Å². The zero-order chi connectivity index (χ0) is 18.4. The number of nitrogens with zero attached hydrogens (tertiary/aromatic N) is 4. The van der Waals surface area contributed by atoms with Crippen LogP contribution >= 0.6 is 11.6 Å². The summed E-state index contributed by atoms with van der Waals surface area (Å²) in [6.07, 6.45) is 1.53. The van der Waals surface area contributed by atoms with E-state index in [0.29, 0.717) is 0 Å². The van der Waals surface area contributed by atoms with Gasteiger partial charge in [-0.3, -0.25) is 14.9 Å². The van der Waals surface area contributed by atoms with Gasteiger partial charge in [0.05, 0.1) is 4.92 Å². The molecule has 8 nitrogen and oxygen atoms in total. The molecule has 1 aromatic rings. The van der Waals surface area contributed by atoms with Gasteiger partial charge < -0.3 is 15.1 Å². The van der Waals surface area contributed by atoms with Crippen molar-refractivity contribution in [3.63, 3.8) is 0 Å². The van der Waals surface area contributed by atoms with Gasteiger partial charge in [-0.25, -0.2) is 0 Å². The van der Waals surface area contributed by atoms with Gasteiger partial charge in [0.2, 0.25) is 0 Å². The van der Waals surface area contributed by atoms with Crippen molar-refractivity contribution >= 4 is 28.9 Å². The third-order valence-corrected chi connectivity index (χ3v) is 4.25. The fourth-order valence-corrected chi connectivity index (χ4v) is 2.64. The second-order valence-corrected chi connectivity index (χ2v) is 5.91. The van der Waals surface area contributed by atoms with Crippen molar-refractivity contribution < 1.29 is 9.72 Å². The van der Waals surface area contributed by atoms with Crippen molar-refractivity contribution in [1.82, 2.24) is 9.80 Å². The molecule has 1 aliphatic heterocycles. The van der Waals surface area contributed by atoms with Gasteiger partial charge in [-0.1, -0.05) is 18.5 Å². The number of carbonyl (C=O) groups excluding carboxylic acids is 1. The van der Waals surface area contributed by atoms with E-state index in [9.17, 15) is 20.2 Å². The number of hydrogen-bond acceptors (Lipinski definition) is 6. The van der Waals surface area contributed by atoms with Gasteiger partial charge in [-0.05, 0) is 18.7 Å². The number of halogens is 1. The second kappa shape index (κ2) is 8.46. The van der Waals surface area contributed by atoms with Crippen LogP contribution in [0.4, 0.5) is 11.4 Å². The molecule has 0 aromatic heterocycles. The maximum Gasteiger partial charge on any atom is 0.289 e. The first-order valence-electron chi connectivity index (χ1n) is 7.78. The quantitative estimate of drug-likeness (QED) is 0.372. The molecule has 0 unspecified atom stereocenters. The largest absolute Gasteiger partial charge is 0.374 e. The lowest BCUT2D eigenvalue weighted by Crippen LogP contribution is -2.44. The first-order valence-corrected chi connectivity index (χ1v) is 8.16. The summed E-state index contributed by atoms with van der Waals surface area (Å²) in [4.78, 5) is 26.7. The number of anilines is 1. The number of likely N-dealkylation sites (N-methyl/N-ethyl adjacent to an activating group) is 1. The molecule has 0 bridgehead atoms. The van der Waals surface area contributed by atoms with Gasteiger partial charge in [0.1, 0.15) is 16.7 Å². The minimum Gasteiger partial charge on any atom is -0.374 e. The van der Waals surface area contributed by atoms with Crippen LogP contribution in [0.25, 0.3) is 0 Å². The highest BCUT2D eigenvalue weighted by Gasteiger charge is 2.18. The molecule has 0 atom stereocenters. The average molecular weight is 364 g/mol. The number of carbonyl (C=O) groups is 1. The molecule has 1 N–H and O–H groups in total. The van der Waals surface area contributed by atoms with Crippen LogP contribution in [0.3, 0.4) is 0 Å². The topological polar surface area (TPSA) is 103 Å². The molecule has 1 fully saturated rings. The van der Waals surface area contributed by atoms with Crippen molar-refractivity contribution in [3.05, 3.63) is 45.1 Å². The number of nitrogens with one attached hydrogen (secondary N) is 1. The normalized spacial score (nSPS) is 15.6. The van der Waals surface area contributed by atoms with Crippen LogP contribution < -0.4 is 5.32 Å². The van der Waals surface area contributed by atoms with E-state index in [0.717, 1.165) is 38.8 Å². The minimum absolute atomic E-state index is 0.0205. The molecule has 1 saturated heterocycles. The van der Waals surface area contributed by atoms with Gasteiger partial charge in [-0.15, -0.1) is 0 Å². The molecule has 132 valence electrons. The summed E-state index contributed by atoms with van der Waals surface area (Å²) in [5.74, 6) is -0.614. The lowest BCUT2D eigenvalue weighted by Gasteiger charge is -2.33. The number of hydrogen-bond donors (Lipinski definition) is 1. The number of nitriles is 1. The molecule has 0 spiro atoms. The van der Waals surface area contributed by atoms with Crippen LogP contribution in [-0.4, -0.2) is 53.4 Å². The van der Waals surface area contributed by atoms with E-state index >= 15 is 0 Å². The first kappa shape index (κ1) is 18.7. The fraction of sp³-hybridized carbons (Fsp3) is 0.375. The monoisotopic (exact) mass is 363 g/mol. The van der Waals surface area contributed by atoms with Crippen molar-refractivity contribution in [1.29, 1.82) is 5.26 Å². The molecule has 1 aliphatic rings. The Labute approximate surface area is 150 Å². The highest BCUT2D eigenvalue weighted by molar-refractivity contribution is 6.32. The van der Waals surface area contributed by atoms with Crippen LogP contribution in [0.5, 0.6) is 0 Å². The standard InChI is InChI=1S/C16H18ClN5O3/c1-2-20-5-7-21(8-6-20)11-12(10-18)16(23)19-13-3-4-14(17)15(9-13)22(24)25/h3-4,9,11H,2,5-8H2,1H3,(H,19,23)/b12-11-. The fourth-order valence-electron chi connectivity index (χ4n) is 2.46. The number of amides is 1. The number of piperazine rings is 1. The van der Waals surface area contributed by atoms with Crippen molar-refractivity contribution in [2.45, 2.75) is 6.92 Å². The molecule has 9 heteroatoms. The van der Waals surface area contributed by atoms with E-state index in [2.05, 4.69) is 17.1 Å². The highest BCUT2D eigenvalue weighted by atomic mass is 35.5. The summed E-state index contributed by atoms with van der Waals surface area (Å²) in [7, 11) is 0. The molecule has 0 saturated carbocycles. The Balaban J connectivity index is 2.08. The molecule has 1 amide bonds. The molecule has 25 heavy (non-hydrogen) atoms. The van der Waals surface area contributed by atoms with Gasteiger partial charge in [-0.2, -0.15) is 5.26 Å². The predicted octanol–water partition coefficient (Wildman–Crippen LogP) is 2.23. The highest BCUT2D eigenvalue weighted by Crippen LogP contribution is 2.27. The Morgan fingerprint density at radius 3 is 2.68 bits per heavy atom. The van der Waals surface area contributed by atoms with Crippen LogP contribution in [0.2, 0.25) is 5.02 Å². The summed E-state index contributed by atoms with van der Waals surface area (Å²) in [6, 6.07) is 5.81. The summed E-state index contributed by atoms with van der Waals surface area (Å²) < 4.78 is 0. The molecular weight excluding hydrogens is 346 g/mol. The van der Waals surface area contributed by atoms with E-state index in [-0.39, 0.29) is 22.0 Å². The maximum absolute atomic E-state index is 12.3. The molecule has 1 heterocycles. The zero-order valence-electron chi connectivity index (χ0n) is 13.7. The van der Waals surface area contributed by atoms with Crippen LogP contribution in [0.1, 0.15) is 6.92 Å². The third-order valence-electron chi connectivity index (χ3n) is 3.93. The lowest BCUT2D eigenvalue weighted by atomic mass is 10.2. The Hall–Kier alpha value is -2.63. The Kier molecular flexibility index (Phi) is 6.33. The lowest BCUT2D eigenvalue weighted by molar-refractivity contribution is -0.384. The zero-order valence-corrected chi connectivity index (χ0v) is 14.5. The van der Waals surface area contributed by atoms with Gasteiger partial charge >= 0.3 is 0 Å². The molecule has 1 aromatic carbocycles. The van der Waals surface area contributed by atoms with Gasteiger partial charge in [0, 0.05) is 44.1 Å². The van der Waals surface area contributed by atoms with Crippen molar-refractivity contribution in [3.8, 4) is 6.07 Å². The second-order valence-electron chi connectivity index (χ2n) is 5.50. The van der Waals surface area contributed by atoms with Gasteiger partial charge in [0.15, 0.2) is 0 Å². The molecule has 0 aliphatic carbocycles. The number of nitro benzene ring substituents is 1. The van der Waals surface area contributed by atoms with E-state index in [1.54, 1.807) is 0 Å². The van der Waals surface area contributed by atoms with Crippen LogP contribution in [-0.2, 0) is 4.79 Å². The Bertz CT molecular complexity index is 736. The maximum atomic E-state index is 12.3. The molecular formula is C16H18ClN5O3.